The van der Waals surface area contributed by atoms with E-state index in [1.165, 1.54) is 13.0 Å². The largest absolute Gasteiger partial charge is 0.481 e. The molecule has 9 heteroatoms. The lowest BCUT2D eigenvalue weighted by atomic mass is 9.87. The number of hydrogen-bond donors (Lipinski definition) is 1. The average molecular weight is 432 g/mol. The zero-order valence-corrected chi connectivity index (χ0v) is 17.4. The molecule has 5 nitrogen and oxygen atoms in total. The van der Waals surface area contributed by atoms with Crippen molar-refractivity contribution >= 4 is 11.9 Å². The lowest BCUT2D eigenvalue weighted by Gasteiger charge is -2.18. The fraction of sp³-hybridized carbons (Fsp3) is 0.524. The van der Waals surface area contributed by atoms with E-state index in [9.17, 15) is 32.3 Å². The maximum Gasteiger partial charge on any atom is 0.333 e. The van der Waals surface area contributed by atoms with Gasteiger partial charge in [-0.1, -0.05) is 19.9 Å². The van der Waals surface area contributed by atoms with Crippen molar-refractivity contribution in [1.82, 2.24) is 0 Å². The minimum Gasteiger partial charge on any atom is -0.481 e. The van der Waals surface area contributed by atoms with Gasteiger partial charge in [-0.15, -0.1) is 0 Å². The number of hydrogen-bond acceptors (Lipinski definition) is 4. The SMILES string of the molecule is CCOC(=O)C(C)=CC1C(C)(C)C1(Cc1c(F)c(F)c(COC)c(F)c1F)C(=O)O. The van der Waals surface area contributed by atoms with Crippen LogP contribution in [0.25, 0.3) is 0 Å². The van der Waals surface area contributed by atoms with Crippen LogP contribution in [0.3, 0.4) is 0 Å². The van der Waals surface area contributed by atoms with Gasteiger partial charge in [0.05, 0.1) is 24.2 Å². The van der Waals surface area contributed by atoms with Gasteiger partial charge in [0.1, 0.15) is 0 Å². The molecule has 1 N–H and O–H groups in total. The third-order valence-electron chi connectivity index (χ3n) is 5.96. The van der Waals surface area contributed by atoms with Crippen LogP contribution in [0.2, 0.25) is 0 Å². The van der Waals surface area contributed by atoms with Crippen LogP contribution < -0.4 is 0 Å². The van der Waals surface area contributed by atoms with E-state index in [4.69, 9.17) is 4.74 Å². The molecular formula is C21H24F4O5. The number of aliphatic carboxylic acids is 1. The molecule has 166 valence electrons. The molecule has 1 fully saturated rings. The van der Waals surface area contributed by atoms with Gasteiger partial charge in [-0.2, -0.15) is 0 Å². The summed E-state index contributed by atoms with van der Waals surface area (Å²) in [6.45, 7) is 5.55. The van der Waals surface area contributed by atoms with Gasteiger partial charge in [0.2, 0.25) is 0 Å². The summed E-state index contributed by atoms with van der Waals surface area (Å²) >= 11 is 0. The Labute approximate surface area is 171 Å². The van der Waals surface area contributed by atoms with E-state index >= 15 is 0 Å². The normalized spacial score (nSPS) is 22.7. The highest BCUT2D eigenvalue weighted by atomic mass is 19.2. The molecule has 1 aromatic carbocycles. The van der Waals surface area contributed by atoms with Gasteiger partial charge >= 0.3 is 11.9 Å². The summed E-state index contributed by atoms with van der Waals surface area (Å²) in [6, 6.07) is 0. The monoisotopic (exact) mass is 432 g/mol. The Kier molecular flexibility index (Phi) is 6.66. The molecule has 0 aliphatic heterocycles. The number of carboxylic acid groups (broad SMARTS) is 1. The summed E-state index contributed by atoms with van der Waals surface area (Å²) in [5.74, 6) is -9.44. The minimum atomic E-state index is -1.77. The van der Waals surface area contributed by atoms with Crippen LogP contribution in [0.15, 0.2) is 11.6 Å². The molecule has 1 aliphatic carbocycles. The van der Waals surface area contributed by atoms with Crippen LogP contribution in [-0.2, 0) is 32.1 Å². The number of carboxylic acids is 1. The molecule has 1 aromatic rings. The predicted octanol–water partition coefficient (Wildman–Crippen LogP) is 4.17. The summed E-state index contributed by atoms with van der Waals surface area (Å²) < 4.78 is 67.2. The van der Waals surface area contributed by atoms with Gasteiger partial charge in [-0.3, -0.25) is 4.79 Å². The number of halogens is 4. The first-order valence-electron chi connectivity index (χ1n) is 9.29. The molecule has 2 atom stereocenters. The lowest BCUT2D eigenvalue weighted by molar-refractivity contribution is -0.145. The molecule has 0 radical (unpaired) electrons. The summed E-state index contributed by atoms with van der Waals surface area (Å²) in [5.41, 5.74) is -4.60. The maximum atomic E-state index is 14.6. The van der Waals surface area contributed by atoms with Crippen molar-refractivity contribution in [3.05, 3.63) is 46.0 Å². The van der Waals surface area contributed by atoms with Crippen molar-refractivity contribution in [3.63, 3.8) is 0 Å². The molecule has 0 heterocycles. The van der Waals surface area contributed by atoms with Gasteiger partial charge in [0.15, 0.2) is 23.3 Å². The van der Waals surface area contributed by atoms with Crippen molar-refractivity contribution in [2.24, 2.45) is 16.7 Å². The molecule has 2 rings (SSSR count). The molecule has 1 aliphatic rings. The van der Waals surface area contributed by atoms with Gasteiger partial charge in [-0.25, -0.2) is 22.4 Å². The second kappa shape index (κ2) is 8.37. The third kappa shape index (κ3) is 3.59. The third-order valence-corrected chi connectivity index (χ3v) is 5.96. The number of rotatable bonds is 8. The highest BCUT2D eigenvalue weighted by Crippen LogP contribution is 2.71. The summed E-state index contributed by atoms with van der Waals surface area (Å²) in [4.78, 5) is 24.0. The van der Waals surface area contributed by atoms with E-state index in [0.29, 0.717) is 0 Å². The van der Waals surface area contributed by atoms with Gasteiger partial charge < -0.3 is 14.6 Å². The minimum absolute atomic E-state index is 0.116. The van der Waals surface area contributed by atoms with E-state index < -0.39 is 76.1 Å². The number of carbonyl (C=O) groups excluding carboxylic acids is 1. The zero-order chi connectivity index (χ0) is 23.0. The van der Waals surface area contributed by atoms with Gasteiger partial charge in [0, 0.05) is 24.2 Å². The quantitative estimate of drug-likeness (QED) is 0.289. The highest BCUT2D eigenvalue weighted by Gasteiger charge is 2.75. The second-order valence-corrected chi connectivity index (χ2v) is 7.87. The van der Waals surface area contributed by atoms with Gasteiger partial charge in [0.25, 0.3) is 0 Å². The van der Waals surface area contributed by atoms with Crippen LogP contribution in [-0.4, -0.2) is 30.8 Å². The average Bonchev–Trinajstić information content (AvgIpc) is 3.15. The van der Waals surface area contributed by atoms with E-state index in [1.54, 1.807) is 20.8 Å². The fourth-order valence-electron chi connectivity index (χ4n) is 4.06. The van der Waals surface area contributed by atoms with Crippen molar-refractivity contribution in [2.45, 2.75) is 40.7 Å². The fourth-order valence-corrected chi connectivity index (χ4v) is 4.06. The van der Waals surface area contributed by atoms with Crippen molar-refractivity contribution in [2.75, 3.05) is 13.7 Å². The standard InChI is InChI=1S/C21H24F4O5/c1-6-30-18(26)10(2)7-13-20(3,4)21(13,19(27)28)8-11-14(22)16(24)12(9-29-5)17(25)15(11)23/h7,13H,6,8-9H2,1-5H3,(H,27,28). The van der Waals surface area contributed by atoms with Crippen molar-refractivity contribution < 1.29 is 41.7 Å². The van der Waals surface area contributed by atoms with E-state index in [2.05, 4.69) is 4.74 Å². The van der Waals surface area contributed by atoms with Crippen LogP contribution in [0.4, 0.5) is 17.6 Å². The summed E-state index contributed by atoms with van der Waals surface area (Å²) in [5, 5.41) is 9.89. The number of allylic oxidation sites excluding steroid dienone is 1. The predicted molar refractivity (Wildman–Crippen MR) is 98.4 cm³/mol. The first-order chi connectivity index (χ1) is 13.9. The molecular weight excluding hydrogens is 408 g/mol. The number of benzene rings is 1. The Balaban J connectivity index is 2.55. The summed E-state index contributed by atoms with van der Waals surface area (Å²) in [7, 11) is 1.11. The summed E-state index contributed by atoms with van der Waals surface area (Å²) in [6.07, 6.45) is 0.569. The number of ether oxygens (including phenoxy) is 2. The number of esters is 1. The first-order valence-corrected chi connectivity index (χ1v) is 9.29. The molecule has 0 spiro atoms. The van der Waals surface area contributed by atoms with Crippen LogP contribution in [0.1, 0.15) is 38.8 Å². The van der Waals surface area contributed by atoms with Crippen LogP contribution in [0, 0.1) is 40.0 Å². The molecule has 30 heavy (non-hydrogen) atoms. The van der Waals surface area contributed by atoms with Gasteiger partial charge in [-0.05, 0) is 25.7 Å². The number of methoxy groups -OCH3 is 1. The maximum absolute atomic E-state index is 14.6. The van der Waals surface area contributed by atoms with E-state index in [-0.39, 0.29) is 12.2 Å². The Bertz CT molecular complexity index is 880. The molecule has 1 saturated carbocycles. The number of carbonyl (C=O) groups is 2. The Morgan fingerprint density at radius 2 is 1.57 bits per heavy atom. The van der Waals surface area contributed by atoms with Crippen LogP contribution >= 0.6 is 0 Å². The Morgan fingerprint density at radius 3 is 2.00 bits per heavy atom. The van der Waals surface area contributed by atoms with E-state index in [1.807, 2.05) is 0 Å². The first kappa shape index (κ1) is 23.9. The molecule has 0 aromatic heterocycles. The van der Waals surface area contributed by atoms with Crippen molar-refractivity contribution in [3.8, 4) is 0 Å². The van der Waals surface area contributed by atoms with Crippen LogP contribution in [0.5, 0.6) is 0 Å². The molecule has 0 bridgehead atoms. The Morgan fingerprint density at radius 1 is 1.07 bits per heavy atom. The Hall–Kier alpha value is -2.42. The van der Waals surface area contributed by atoms with E-state index in [0.717, 1.165) is 7.11 Å². The molecule has 0 amide bonds. The highest BCUT2D eigenvalue weighted by molar-refractivity contribution is 5.89. The smallest absolute Gasteiger partial charge is 0.333 e. The molecule has 0 saturated heterocycles. The zero-order valence-electron chi connectivity index (χ0n) is 17.4. The lowest BCUT2D eigenvalue weighted by Crippen LogP contribution is -2.26. The molecule has 2 unspecified atom stereocenters. The topological polar surface area (TPSA) is 72.8 Å². The second-order valence-electron chi connectivity index (χ2n) is 7.87. The van der Waals surface area contributed by atoms with Crippen molar-refractivity contribution in [1.29, 1.82) is 0 Å².